The van der Waals surface area contributed by atoms with Crippen LogP contribution in [0.15, 0.2) is 53.5 Å². The van der Waals surface area contributed by atoms with E-state index in [1.807, 2.05) is 34.6 Å². The summed E-state index contributed by atoms with van der Waals surface area (Å²) in [5, 5.41) is 0.212. The molecule has 0 radical (unpaired) electrons. The van der Waals surface area contributed by atoms with E-state index in [-0.39, 0.29) is 22.8 Å². The zero-order valence-corrected chi connectivity index (χ0v) is 22.0. The molecule has 0 saturated carbocycles. The molecule has 9 heteroatoms. The number of nitrogens with zero attached hydrogens (tertiary/aromatic N) is 5. The number of hydrogen-bond donors (Lipinski definition) is 0. The lowest BCUT2D eigenvalue weighted by molar-refractivity contribution is -0.129. The van der Waals surface area contributed by atoms with Gasteiger partial charge in [-0.05, 0) is 24.6 Å². The molecule has 3 aromatic rings. The van der Waals surface area contributed by atoms with Gasteiger partial charge in [-0.1, -0.05) is 30.3 Å². The Kier molecular flexibility index (Phi) is 7.46. The number of aromatic nitrogens is 1. The van der Waals surface area contributed by atoms with Gasteiger partial charge in [0.15, 0.2) is 0 Å². The van der Waals surface area contributed by atoms with Crippen molar-refractivity contribution in [2.24, 2.45) is 0 Å². The summed E-state index contributed by atoms with van der Waals surface area (Å²) in [6, 6.07) is 13.2. The van der Waals surface area contributed by atoms with Crippen LogP contribution in [0.25, 0.3) is 10.9 Å². The third-order valence-corrected chi connectivity index (χ3v) is 7.69. The van der Waals surface area contributed by atoms with E-state index < -0.39 is 11.2 Å². The van der Waals surface area contributed by atoms with Gasteiger partial charge in [0.2, 0.25) is 11.3 Å². The summed E-state index contributed by atoms with van der Waals surface area (Å²) in [4.78, 5) is 46.2. The van der Waals surface area contributed by atoms with Crippen molar-refractivity contribution in [1.82, 2.24) is 19.3 Å². The fraction of sp³-hybridized carbons (Fsp3) is 0.414. The fourth-order valence-electron chi connectivity index (χ4n) is 5.44. The van der Waals surface area contributed by atoms with Gasteiger partial charge < -0.3 is 19.3 Å². The summed E-state index contributed by atoms with van der Waals surface area (Å²) in [6.45, 7) is 9.46. The number of piperazine rings is 2. The molecule has 38 heavy (non-hydrogen) atoms. The van der Waals surface area contributed by atoms with E-state index in [2.05, 4.69) is 17.0 Å². The van der Waals surface area contributed by atoms with Crippen LogP contribution in [0.5, 0.6) is 0 Å². The number of aryl methyl sites for hydroxylation is 1. The molecule has 0 N–H and O–H groups in total. The van der Waals surface area contributed by atoms with Crippen molar-refractivity contribution >= 4 is 28.4 Å². The van der Waals surface area contributed by atoms with Gasteiger partial charge in [-0.15, -0.1) is 0 Å². The highest BCUT2D eigenvalue weighted by molar-refractivity contribution is 5.98. The van der Waals surface area contributed by atoms with Crippen LogP contribution in [0.3, 0.4) is 0 Å². The molecular formula is C29H34FN5O3. The number of carbonyl (C=O) groups excluding carboxylic acids is 2. The Morgan fingerprint density at radius 2 is 1.55 bits per heavy atom. The van der Waals surface area contributed by atoms with Gasteiger partial charge in [0, 0.05) is 84.0 Å². The second-order valence-electron chi connectivity index (χ2n) is 10.0. The maximum absolute atomic E-state index is 15.3. The number of benzene rings is 2. The Balaban J connectivity index is 1.36. The summed E-state index contributed by atoms with van der Waals surface area (Å²) in [7, 11) is 0. The highest BCUT2D eigenvalue weighted by Gasteiger charge is 2.27. The van der Waals surface area contributed by atoms with Crippen LogP contribution in [0.2, 0.25) is 0 Å². The largest absolute Gasteiger partial charge is 0.366 e. The summed E-state index contributed by atoms with van der Waals surface area (Å²) < 4.78 is 17.2. The van der Waals surface area contributed by atoms with Crippen LogP contribution in [0.1, 0.15) is 29.8 Å². The van der Waals surface area contributed by atoms with Crippen LogP contribution < -0.4 is 10.3 Å². The zero-order valence-electron chi connectivity index (χ0n) is 22.0. The smallest absolute Gasteiger partial charge is 0.259 e. The first-order valence-electron chi connectivity index (χ1n) is 13.3. The van der Waals surface area contributed by atoms with E-state index in [4.69, 9.17) is 0 Å². The molecule has 0 bridgehead atoms. The quantitative estimate of drug-likeness (QED) is 0.519. The molecule has 0 aliphatic carbocycles. The number of hydrogen-bond acceptors (Lipinski definition) is 5. The van der Waals surface area contributed by atoms with Gasteiger partial charge in [-0.25, -0.2) is 4.39 Å². The predicted octanol–water partition coefficient (Wildman–Crippen LogP) is 2.79. The first kappa shape index (κ1) is 25.9. The molecule has 2 amide bonds. The van der Waals surface area contributed by atoms with E-state index in [9.17, 15) is 14.4 Å². The monoisotopic (exact) mass is 519 g/mol. The van der Waals surface area contributed by atoms with Gasteiger partial charge in [0.25, 0.3) is 5.91 Å². The number of anilines is 1. The average Bonchev–Trinajstić information content (AvgIpc) is 2.94. The molecule has 0 spiro atoms. The number of pyridine rings is 1. The lowest BCUT2D eigenvalue weighted by Gasteiger charge is -2.36. The van der Waals surface area contributed by atoms with Crippen LogP contribution in [-0.4, -0.2) is 83.4 Å². The Morgan fingerprint density at radius 1 is 0.895 bits per heavy atom. The van der Waals surface area contributed by atoms with E-state index in [1.54, 1.807) is 22.1 Å². The SMILES string of the molecule is CCn1cc(C(=O)N2CCN(Cc3ccccc3)CC2)c(=O)c2cc(F)c(N3CCN(C(C)=O)CC3)cc21. The van der Waals surface area contributed by atoms with Crippen molar-refractivity contribution in [2.75, 3.05) is 57.3 Å². The maximum atomic E-state index is 15.3. The van der Waals surface area contributed by atoms with Gasteiger partial charge >= 0.3 is 0 Å². The average molecular weight is 520 g/mol. The minimum atomic E-state index is -0.493. The van der Waals surface area contributed by atoms with Gasteiger partial charge in [0.05, 0.1) is 11.2 Å². The zero-order chi connectivity index (χ0) is 26.8. The summed E-state index contributed by atoms with van der Waals surface area (Å²) in [5.41, 5.74) is 1.89. The topological polar surface area (TPSA) is 69.1 Å². The molecule has 2 aliphatic rings. The van der Waals surface area contributed by atoms with Crippen molar-refractivity contribution in [3.8, 4) is 0 Å². The van der Waals surface area contributed by atoms with Crippen molar-refractivity contribution in [3.05, 3.63) is 75.8 Å². The number of amides is 2. The molecule has 3 heterocycles. The van der Waals surface area contributed by atoms with Crippen molar-refractivity contribution < 1.29 is 14.0 Å². The Labute approximate surface area is 221 Å². The molecule has 2 saturated heterocycles. The van der Waals surface area contributed by atoms with Crippen molar-refractivity contribution in [1.29, 1.82) is 0 Å². The molecule has 2 fully saturated rings. The molecule has 8 nitrogen and oxygen atoms in total. The summed E-state index contributed by atoms with van der Waals surface area (Å²) in [5.74, 6) is -0.783. The number of halogens is 1. The van der Waals surface area contributed by atoms with Crippen LogP contribution in [0.4, 0.5) is 10.1 Å². The van der Waals surface area contributed by atoms with E-state index in [0.717, 1.165) is 19.6 Å². The van der Waals surface area contributed by atoms with E-state index >= 15 is 4.39 Å². The standard InChI is InChI=1S/C29H34FN5O3/c1-3-32-20-24(29(38)35-11-9-31(10-12-35)19-22-7-5-4-6-8-22)28(37)23-17-25(30)27(18-26(23)32)34-15-13-33(14-16-34)21(2)36/h4-8,17-18,20H,3,9-16,19H2,1-2H3. The highest BCUT2D eigenvalue weighted by atomic mass is 19.1. The van der Waals surface area contributed by atoms with Crippen molar-refractivity contribution in [3.63, 3.8) is 0 Å². The van der Waals surface area contributed by atoms with E-state index in [0.29, 0.717) is 57.0 Å². The maximum Gasteiger partial charge on any atom is 0.259 e. The molecule has 200 valence electrons. The van der Waals surface area contributed by atoms with E-state index in [1.165, 1.54) is 18.6 Å². The van der Waals surface area contributed by atoms with Gasteiger partial charge in [0.1, 0.15) is 11.4 Å². The Bertz CT molecular complexity index is 1390. The summed E-state index contributed by atoms with van der Waals surface area (Å²) >= 11 is 0. The second kappa shape index (κ2) is 10.9. The van der Waals surface area contributed by atoms with Crippen LogP contribution in [-0.2, 0) is 17.9 Å². The highest BCUT2D eigenvalue weighted by Crippen LogP contribution is 2.27. The Hall–Kier alpha value is -3.72. The summed E-state index contributed by atoms with van der Waals surface area (Å²) in [6.07, 6.45) is 1.62. The second-order valence-corrected chi connectivity index (χ2v) is 10.0. The fourth-order valence-corrected chi connectivity index (χ4v) is 5.44. The lowest BCUT2D eigenvalue weighted by Crippen LogP contribution is -2.49. The normalized spacial score (nSPS) is 16.8. The first-order chi connectivity index (χ1) is 18.4. The lowest BCUT2D eigenvalue weighted by atomic mass is 10.1. The predicted molar refractivity (Wildman–Crippen MR) is 146 cm³/mol. The third-order valence-electron chi connectivity index (χ3n) is 7.69. The molecule has 2 aliphatic heterocycles. The van der Waals surface area contributed by atoms with Crippen LogP contribution >= 0.6 is 0 Å². The molecule has 0 atom stereocenters. The molecule has 1 aromatic heterocycles. The minimum Gasteiger partial charge on any atom is -0.366 e. The van der Waals surface area contributed by atoms with Gasteiger partial charge in [-0.3, -0.25) is 19.3 Å². The third kappa shape index (κ3) is 5.15. The molecular weight excluding hydrogens is 485 g/mol. The number of fused-ring (bicyclic) bond motifs is 1. The first-order valence-corrected chi connectivity index (χ1v) is 13.3. The Morgan fingerprint density at radius 3 is 2.18 bits per heavy atom. The molecule has 5 rings (SSSR count). The van der Waals surface area contributed by atoms with Gasteiger partial charge in [-0.2, -0.15) is 0 Å². The van der Waals surface area contributed by atoms with Crippen LogP contribution in [0, 0.1) is 5.82 Å². The minimum absolute atomic E-state index is 0.0123. The van der Waals surface area contributed by atoms with Crippen molar-refractivity contribution in [2.45, 2.75) is 26.9 Å². The molecule has 0 unspecified atom stereocenters. The number of carbonyl (C=O) groups is 2. The number of rotatable bonds is 5. The molecule has 2 aromatic carbocycles.